The Morgan fingerprint density at radius 3 is 2.37 bits per heavy atom. The summed E-state index contributed by atoms with van der Waals surface area (Å²) in [7, 11) is 0. The number of carboxylic acids is 1. The molecule has 0 aliphatic rings. The predicted octanol–water partition coefficient (Wildman–Crippen LogP) is 2.85. The zero-order chi connectivity index (χ0) is 14.4. The molecular formula is C15H19NO3. The van der Waals surface area contributed by atoms with E-state index in [0.717, 1.165) is 5.57 Å². The Kier molecular flexibility index (Phi) is 5.30. The number of rotatable bonds is 6. The van der Waals surface area contributed by atoms with Gasteiger partial charge in [0.15, 0.2) is 0 Å². The average molecular weight is 261 g/mol. The van der Waals surface area contributed by atoms with Crippen LogP contribution in [0.5, 0.6) is 0 Å². The summed E-state index contributed by atoms with van der Waals surface area (Å²) in [5.41, 5.74) is 2.35. The molecule has 1 aromatic rings. The van der Waals surface area contributed by atoms with Gasteiger partial charge in [0.25, 0.3) is 0 Å². The van der Waals surface area contributed by atoms with Crippen molar-refractivity contribution in [1.82, 2.24) is 0 Å². The van der Waals surface area contributed by atoms with E-state index in [0.29, 0.717) is 17.7 Å². The van der Waals surface area contributed by atoms with Gasteiger partial charge in [-0.05, 0) is 31.0 Å². The van der Waals surface area contributed by atoms with Crippen molar-refractivity contribution in [3.63, 3.8) is 0 Å². The highest BCUT2D eigenvalue weighted by molar-refractivity contribution is 5.92. The summed E-state index contributed by atoms with van der Waals surface area (Å²) >= 11 is 0. The minimum atomic E-state index is -0.869. The Morgan fingerprint density at radius 1 is 1.32 bits per heavy atom. The minimum Gasteiger partial charge on any atom is -0.481 e. The van der Waals surface area contributed by atoms with Gasteiger partial charge >= 0.3 is 5.97 Å². The summed E-state index contributed by atoms with van der Waals surface area (Å²) < 4.78 is 0. The number of aliphatic carboxylic acids is 1. The summed E-state index contributed by atoms with van der Waals surface area (Å²) in [6.07, 6.45) is 0.642. The van der Waals surface area contributed by atoms with Crippen LogP contribution in [0.3, 0.4) is 0 Å². The van der Waals surface area contributed by atoms with Crippen molar-refractivity contribution in [2.75, 3.05) is 5.32 Å². The monoisotopic (exact) mass is 261 g/mol. The largest absolute Gasteiger partial charge is 0.481 e. The first-order chi connectivity index (χ1) is 8.88. The molecule has 1 rings (SSSR count). The molecule has 1 atom stereocenters. The van der Waals surface area contributed by atoms with Crippen LogP contribution in [-0.4, -0.2) is 17.0 Å². The molecule has 0 aliphatic heterocycles. The van der Waals surface area contributed by atoms with Crippen LogP contribution in [-0.2, 0) is 16.0 Å². The number of anilines is 1. The first-order valence-corrected chi connectivity index (χ1v) is 6.14. The molecule has 19 heavy (non-hydrogen) atoms. The lowest BCUT2D eigenvalue weighted by Gasteiger charge is -2.12. The fourth-order valence-electron chi connectivity index (χ4n) is 1.76. The molecule has 0 bridgehead atoms. The van der Waals surface area contributed by atoms with Crippen molar-refractivity contribution >= 4 is 17.6 Å². The summed E-state index contributed by atoms with van der Waals surface area (Å²) in [4.78, 5) is 22.4. The molecule has 1 amide bonds. The van der Waals surface area contributed by atoms with Gasteiger partial charge in [0.1, 0.15) is 0 Å². The lowest BCUT2D eigenvalue weighted by atomic mass is 10.0. The summed E-state index contributed by atoms with van der Waals surface area (Å²) in [6.45, 7) is 7.53. The molecule has 4 nitrogen and oxygen atoms in total. The van der Waals surface area contributed by atoms with Gasteiger partial charge in [-0.1, -0.05) is 24.6 Å². The Hall–Kier alpha value is -2.10. The van der Waals surface area contributed by atoms with Crippen molar-refractivity contribution in [2.24, 2.45) is 5.92 Å². The number of hydrogen-bond acceptors (Lipinski definition) is 2. The molecule has 0 radical (unpaired) electrons. The highest BCUT2D eigenvalue weighted by atomic mass is 16.4. The lowest BCUT2D eigenvalue weighted by Crippen LogP contribution is -2.20. The molecule has 0 saturated heterocycles. The van der Waals surface area contributed by atoms with E-state index in [4.69, 9.17) is 5.11 Å². The number of benzene rings is 1. The normalized spacial score (nSPS) is 11.7. The third-order valence-electron chi connectivity index (χ3n) is 2.68. The van der Waals surface area contributed by atoms with Gasteiger partial charge < -0.3 is 10.4 Å². The van der Waals surface area contributed by atoms with Crippen LogP contribution < -0.4 is 5.32 Å². The molecular weight excluding hydrogens is 242 g/mol. The standard InChI is InChI=1S/C15H19NO3/c1-10(2)8-11(3)15(19)16-13-6-4-12(5-7-13)9-14(17)18/h4-7,11H,1,8-9H2,2-3H3,(H,16,19)(H,17,18). The molecule has 1 aromatic carbocycles. The van der Waals surface area contributed by atoms with Crippen molar-refractivity contribution < 1.29 is 14.7 Å². The fraction of sp³-hybridized carbons (Fsp3) is 0.333. The van der Waals surface area contributed by atoms with E-state index in [9.17, 15) is 9.59 Å². The highest BCUT2D eigenvalue weighted by Gasteiger charge is 2.12. The predicted molar refractivity (Wildman–Crippen MR) is 75.0 cm³/mol. The van der Waals surface area contributed by atoms with Crippen molar-refractivity contribution in [3.8, 4) is 0 Å². The van der Waals surface area contributed by atoms with Crippen molar-refractivity contribution in [1.29, 1.82) is 0 Å². The first-order valence-electron chi connectivity index (χ1n) is 6.14. The average Bonchev–Trinajstić information content (AvgIpc) is 2.30. The molecule has 102 valence electrons. The van der Waals surface area contributed by atoms with Crippen molar-refractivity contribution in [2.45, 2.75) is 26.7 Å². The van der Waals surface area contributed by atoms with Gasteiger partial charge in [-0.25, -0.2) is 0 Å². The number of amides is 1. The summed E-state index contributed by atoms with van der Waals surface area (Å²) in [5, 5.41) is 11.5. The number of hydrogen-bond donors (Lipinski definition) is 2. The van der Waals surface area contributed by atoms with E-state index in [1.165, 1.54) is 0 Å². The van der Waals surface area contributed by atoms with Crippen LogP contribution >= 0.6 is 0 Å². The number of nitrogens with one attached hydrogen (secondary N) is 1. The zero-order valence-corrected chi connectivity index (χ0v) is 11.3. The Morgan fingerprint density at radius 2 is 1.89 bits per heavy atom. The minimum absolute atomic E-state index is 0.0136. The second-order valence-electron chi connectivity index (χ2n) is 4.82. The maximum atomic E-state index is 11.9. The molecule has 1 unspecified atom stereocenters. The van der Waals surface area contributed by atoms with E-state index in [2.05, 4.69) is 11.9 Å². The van der Waals surface area contributed by atoms with Gasteiger partial charge in [0.2, 0.25) is 5.91 Å². The smallest absolute Gasteiger partial charge is 0.307 e. The lowest BCUT2D eigenvalue weighted by molar-refractivity contribution is -0.136. The van der Waals surface area contributed by atoms with E-state index in [1.54, 1.807) is 24.3 Å². The van der Waals surface area contributed by atoms with Gasteiger partial charge in [-0.3, -0.25) is 9.59 Å². The molecule has 4 heteroatoms. The number of carbonyl (C=O) groups excluding carboxylic acids is 1. The van der Waals surface area contributed by atoms with Gasteiger partial charge in [0, 0.05) is 11.6 Å². The molecule has 0 aliphatic carbocycles. The van der Waals surface area contributed by atoms with E-state index in [1.807, 2.05) is 13.8 Å². The van der Waals surface area contributed by atoms with Gasteiger partial charge in [-0.15, -0.1) is 6.58 Å². The van der Waals surface area contributed by atoms with E-state index in [-0.39, 0.29) is 18.2 Å². The molecule has 0 saturated carbocycles. The number of allylic oxidation sites excluding steroid dienone is 1. The molecule has 0 heterocycles. The fourth-order valence-corrected chi connectivity index (χ4v) is 1.76. The molecule has 2 N–H and O–H groups in total. The molecule has 0 aromatic heterocycles. The second-order valence-corrected chi connectivity index (χ2v) is 4.82. The maximum absolute atomic E-state index is 11.9. The van der Waals surface area contributed by atoms with Gasteiger partial charge in [0.05, 0.1) is 6.42 Å². The topological polar surface area (TPSA) is 66.4 Å². The SMILES string of the molecule is C=C(C)CC(C)C(=O)Nc1ccc(CC(=O)O)cc1. The zero-order valence-electron chi connectivity index (χ0n) is 11.3. The third kappa shape index (κ3) is 5.38. The Balaban J connectivity index is 2.60. The first kappa shape index (κ1) is 15.0. The second kappa shape index (κ2) is 6.73. The van der Waals surface area contributed by atoms with Crippen LogP contribution in [0, 0.1) is 5.92 Å². The van der Waals surface area contributed by atoms with Crippen LogP contribution in [0.15, 0.2) is 36.4 Å². The highest BCUT2D eigenvalue weighted by Crippen LogP contribution is 2.14. The maximum Gasteiger partial charge on any atom is 0.307 e. The number of carbonyl (C=O) groups is 2. The van der Waals surface area contributed by atoms with Crippen molar-refractivity contribution in [3.05, 3.63) is 42.0 Å². The van der Waals surface area contributed by atoms with Crippen LogP contribution in [0.2, 0.25) is 0 Å². The van der Waals surface area contributed by atoms with Gasteiger partial charge in [-0.2, -0.15) is 0 Å². The van der Waals surface area contributed by atoms with Crippen LogP contribution in [0.1, 0.15) is 25.8 Å². The quantitative estimate of drug-likeness (QED) is 0.774. The van der Waals surface area contributed by atoms with Crippen LogP contribution in [0.25, 0.3) is 0 Å². The van der Waals surface area contributed by atoms with E-state index >= 15 is 0 Å². The molecule has 0 fully saturated rings. The number of carboxylic acid groups (broad SMARTS) is 1. The summed E-state index contributed by atoms with van der Waals surface area (Å²) in [6, 6.07) is 6.83. The Bertz CT molecular complexity index is 477. The Labute approximate surface area is 113 Å². The summed E-state index contributed by atoms with van der Waals surface area (Å²) in [5.74, 6) is -1.06. The van der Waals surface area contributed by atoms with Crippen LogP contribution in [0.4, 0.5) is 5.69 Å². The third-order valence-corrected chi connectivity index (χ3v) is 2.68. The van der Waals surface area contributed by atoms with E-state index < -0.39 is 5.97 Å². The molecule has 0 spiro atoms.